The summed E-state index contributed by atoms with van der Waals surface area (Å²) in [6.45, 7) is 1.72. The highest BCUT2D eigenvalue weighted by Gasteiger charge is 2.21. The lowest BCUT2D eigenvalue weighted by Gasteiger charge is -2.06. The maximum Gasteiger partial charge on any atom is 0.296 e. The number of thiazole rings is 1. The lowest BCUT2D eigenvalue weighted by Crippen LogP contribution is -2.13. The molecule has 2 aromatic carbocycles. The smallest absolute Gasteiger partial charge is 0.296 e. The van der Waals surface area contributed by atoms with E-state index in [0.717, 1.165) is 5.56 Å². The van der Waals surface area contributed by atoms with Gasteiger partial charge in [-0.1, -0.05) is 23.7 Å². The number of nitro benzene ring substituents is 1. The summed E-state index contributed by atoms with van der Waals surface area (Å²) < 4.78 is 4.99. The van der Waals surface area contributed by atoms with Crippen LogP contribution in [0.1, 0.15) is 15.4 Å². The highest BCUT2D eigenvalue weighted by atomic mass is 35.5. The van der Waals surface area contributed by atoms with E-state index in [-0.39, 0.29) is 11.4 Å². The van der Waals surface area contributed by atoms with E-state index >= 15 is 0 Å². The molecule has 1 heterocycles. The minimum Gasteiger partial charge on any atom is -0.496 e. The minimum atomic E-state index is -0.573. The highest BCUT2D eigenvalue weighted by Crippen LogP contribution is 2.32. The van der Waals surface area contributed by atoms with Crippen LogP contribution in [-0.2, 0) is 0 Å². The Morgan fingerprint density at radius 2 is 1.96 bits per heavy atom. The average molecular weight is 404 g/mol. The first-order valence-electron chi connectivity index (χ1n) is 7.76. The fraction of sp³-hybridized carbons (Fsp3) is 0.111. The second-order valence-electron chi connectivity index (χ2n) is 5.53. The lowest BCUT2D eigenvalue weighted by molar-refractivity contribution is -0.384. The number of methoxy groups -OCH3 is 1. The SMILES string of the molecule is COc1ccc(NC(=O)c2sc(-c3ccc(Cl)cc3)nc2C)c([N+](=O)[O-])c1. The zero-order valence-electron chi connectivity index (χ0n) is 14.4. The number of nitro groups is 1. The number of carbonyl (C=O) groups is 1. The van der Waals surface area contributed by atoms with Gasteiger partial charge in [-0.3, -0.25) is 14.9 Å². The van der Waals surface area contributed by atoms with Crippen molar-refractivity contribution in [2.45, 2.75) is 6.92 Å². The third-order valence-corrected chi connectivity index (χ3v) is 5.20. The molecule has 0 radical (unpaired) electrons. The molecule has 0 saturated carbocycles. The molecule has 138 valence electrons. The molecule has 3 aromatic rings. The summed E-state index contributed by atoms with van der Waals surface area (Å²) in [7, 11) is 1.41. The largest absolute Gasteiger partial charge is 0.496 e. The number of nitrogens with one attached hydrogen (secondary N) is 1. The van der Waals surface area contributed by atoms with Crippen LogP contribution in [0.3, 0.4) is 0 Å². The van der Waals surface area contributed by atoms with Gasteiger partial charge in [0.05, 0.1) is 23.8 Å². The Morgan fingerprint density at radius 3 is 2.59 bits per heavy atom. The number of aromatic nitrogens is 1. The van der Waals surface area contributed by atoms with E-state index < -0.39 is 10.8 Å². The number of benzene rings is 2. The number of nitrogens with zero attached hydrogens (tertiary/aromatic N) is 2. The molecule has 0 fully saturated rings. The zero-order valence-corrected chi connectivity index (χ0v) is 15.9. The molecule has 1 amide bonds. The number of hydrogen-bond acceptors (Lipinski definition) is 6. The highest BCUT2D eigenvalue weighted by molar-refractivity contribution is 7.17. The zero-order chi connectivity index (χ0) is 19.6. The van der Waals surface area contributed by atoms with Crippen molar-refractivity contribution in [3.63, 3.8) is 0 Å². The molecule has 27 heavy (non-hydrogen) atoms. The topological polar surface area (TPSA) is 94.4 Å². The number of aryl methyl sites for hydroxylation is 1. The maximum absolute atomic E-state index is 12.6. The van der Waals surface area contributed by atoms with Crippen LogP contribution in [-0.4, -0.2) is 22.9 Å². The van der Waals surface area contributed by atoms with E-state index in [2.05, 4.69) is 10.3 Å². The monoisotopic (exact) mass is 403 g/mol. The van der Waals surface area contributed by atoms with Crippen LogP contribution in [0, 0.1) is 17.0 Å². The first-order chi connectivity index (χ1) is 12.9. The Hall–Kier alpha value is -2.97. The summed E-state index contributed by atoms with van der Waals surface area (Å²) in [6, 6.07) is 11.4. The van der Waals surface area contributed by atoms with Crippen LogP contribution in [0.15, 0.2) is 42.5 Å². The summed E-state index contributed by atoms with van der Waals surface area (Å²) in [5.41, 5.74) is 1.22. The molecule has 1 N–H and O–H groups in total. The van der Waals surface area contributed by atoms with Crippen molar-refractivity contribution in [3.05, 3.63) is 68.2 Å². The number of amides is 1. The van der Waals surface area contributed by atoms with Crippen LogP contribution in [0.2, 0.25) is 5.02 Å². The van der Waals surface area contributed by atoms with Crippen molar-refractivity contribution in [1.29, 1.82) is 0 Å². The molecule has 0 atom stereocenters. The molecule has 0 aliphatic heterocycles. The van der Waals surface area contributed by atoms with Gasteiger partial charge in [0, 0.05) is 10.6 Å². The second-order valence-corrected chi connectivity index (χ2v) is 6.97. The molecule has 3 rings (SSSR count). The fourth-order valence-electron chi connectivity index (χ4n) is 2.40. The van der Waals surface area contributed by atoms with Gasteiger partial charge < -0.3 is 10.1 Å². The molecule has 0 aliphatic carbocycles. The van der Waals surface area contributed by atoms with E-state index in [1.807, 2.05) is 12.1 Å². The lowest BCUT2D eigenvalue weighted by atomic mass is 10.2. The molecule has 7 nitrogen and oxygen atoms in total. The van der Waals surface area contributed by atoms with Crippen LogP contribution in [0.5, 0.6) is 5.75 Å². The summed E-state index contributed by atoms with van der Waals surface area (Å²) >= 11 is 7.10. The third kappa shape index (κ3) is 4.07. The van der Waals surface area contributed by atoms with E-state index in [0.29, 0.717) is 26.4 Å². The quantitative estimate of drug-likeness (QED) is 0.481. The summed E-state index contributed by atoms with van der Waals surface area (Å²) in [5, 5.41) is 15.1. The fourth-order valence-corrected chi connectivity index (χ4v) is 3.49. The van der Waals surface area contributed by atoms with Gasteiger partial charge in [-0.05, 0) is 31.2 Å². The first kappa shape index (κ1) is 18.8. The molecule has 0 aliphatic rings. The normalized spacial score (nSPS) is 10.5. The third-order valence-electron chi connectivity index (χ3n) is 3.74. The van der Waals surface area contributed by atoms with E-state index in [9.17, 15) is 14.9 Å². The van der Waals surface area contributed by atoms with Gasteiger partial charge in [0.25, 0.3) is 11.6 Å². The molecule has 0 bridgehead atoms. The van der Waals surface area contributed by atoms with Crippen molar-refractivity contribution >= 4 is 40.2 Å². The summed E-state index contributed by atoms with van der Waals surface area (Å²) in [6.07, 6.45) is 0. The molecule has 0 unspecified atom stereocenters. The van der Waals surface area contributed by atoms with Crippen molar-refractivity contribution in [2.75, 3.05) is 12.4 Å². The predicted octanol–water partition coefficient (Wildman–Crippen LogP) is 4.94. The van der Waals surface area contributed by atoms with Crippen LogP contribution in [0.4, 0.5) is 11.4 Å². The number of rotatable bonds is 5. The Labute approximate surface area is 163 Å². The van der Waals surface area contributed by atoms with E-state index in [1.165, 1.54) is 30.6 Å². The average Bonchev–Trinajstić information content (AvgIpc) is 3.04. The number of ether oxygens (including phenoxy) is 1. The van der Waals surface area contributed by atoms with Gasteiger partial charge in [0.2, 0.25) is 0 Å². The van der Waals surface area contributed by atoms with Crippen molar-refractivity contribution < 1.29 is 14.5 Å². The second kappa shape index (κ2) is 7.73. The number of halogens is 1. The Balaban J connectivity index is 1.89. The standard InChI is InChI=1S/C18H14ClN3O4S/c1-10-16(27-18(20-10)11-3-5-12(19)6-4-11)17(23)21-14-8-7-13(26-2)9-15(14)22(24)25/h3-9H,1-2H3,(H,21,23). The van der Waals surface area contributed by atoms with Crippen molar-refractivity contribution in [3.8, 4) is 16.3 Å². The van der Waals surface area contributed by atoms with Gasteiger partial charge in [-0.25, -0.2) is 4.98 Å². The predicted molar refractivity (Wildman–Crippen MR) is 105 cm³/mol. The summed E-state index contributed by atoms with van der Waals surface area (Å²) in [5.74, 6) is -0.128. The van der Waals surface area contributed by atoms with Gasteiger partial charge in [-0.2, -0.15) is 0 Å². The number of hydrogen-bond donors (Lipinski definition) is 1. The number of anilines is 1. The molecule has 1 aromatic heterocycles. The Bertz CT molecular complexity index is 1020. The molecular formula is C18H14ClN3O4S. The van der Waals surface area contributed by atoms with E-state index in [1.54, 1.807) is 25.1 Å². The molecule has 0 spiro atoms. The summed E-state index contributed by atoms with van der Waals surface area (Å²) in [4.78, 5) is 28.1. The molecule has 9 heteroatoms. The van der Waals surface area contributed by atoms with Gasteiger partial charge in [0.15, 0.2) is 0 Å². The van der Waals surface area contributed by atoms with E-state index in [4.69, 9.17) is 16.3 Å². The van der Waals surface area contributed by atoms with Crippen LogP contribution in [0.25, 0.3) is 10.6 Å². The molecule has 0 saturated heterocycles. The van der Waals surface area contributed by atoms with Crippen molar-refractivity contribution in [2.24, 2.45) is 0 Å². The first-order valence-corrected chi connectivity index (χ1v) is 8.95. The van der Waals surface area contributed by atoms with Gasteiger partial charge in [-0.15, -0.1) is 11.3 Å². The Kier molecular flexibility index (Phi) is 5.38. The maximum atomic E-state index is 12.6. The van der Waals surface area contributed by atoms with Gasteiger partial charge >= 0.3 is 0 Å². The minimum absolute atomic E-state index is 0.0895. The Morgan fingerprint density at radius 1 is 1.26 bits per heavy atom. The number of carbonyl (C=O) groups excluding carboxylic acids is 1. The van der Waals surface area contributed by atoms with Crippen molar-refractivity contribution in [1.82, 2.24) is 4.98 Å². The van der Waals surface area contributed by atoms with Crippen LogP contribution >= 0.6 is 22.9 Å². The molecular weight excluding hydrogens is 390 g/mol. The van der Waals surface area contributed by atoms with Gasteiger partial charge in [0.1, 0.15) is 21.3 Å². The van der Waals surface area contributed by atoms with Crippen LogP contribution < -0.4 is 10.1 Å².